The van der Waals surface area contributed by atoms with Crippen molar-refractivity contribution >= 4 is 0 Å². The van der Waals surface area contributed by atoms with Gasteiger partial charge in [-0.25, -0.2) is 0 Å². The molecule has 3 atom stereocenters. The molecule has 0 aromatic heterocycles. The summed E-state index contributed by atoms with van der Waals surface area (Å²) in [5.74, 6) is 2.55. The van der Waals surface area contributed by atoms with E-state index in [1.807, 2.05) is 31.2 Å². The first-order valence-corrected chi connectivity index (χ1v) is 8.37. The van der Waals surface area contributed by atoms with Crippen molar-refractivity contribution in [2.45, 2.75) is 25.6 Å². The fourth-order valence-electron chi connectivity index (χ4n) is 3.66. The fourth-order valence-corrected chi connectivity index (χ4v) is 3.66. The Labute approximate surface area is 147 Å². The molecule has 2 aliphatic heterocycles. The van der Waals surface area contributed by atoms with Gasteiger partial charge in [-0.2, -0.15) is 0 Å². The zero-order chi connectivity index (χ0) is 17.6. The van der Waals surface area contributed by atoms with Crippen molar-refractivity contribution in [3.8, 4) is 23.0 Å². The van der Waals surface area contributed by atoms with E-state index in [2.05, 4.69) is 19.1 Å². The smallest absolute Gasteiger partial charge is 0.231 e. The summed E-state index contributed by atoms with van der Waals surface area (Å²) >= 11 is 0. The first-order chi connectivity index (χ1) is 12.1. The van der Waals surface area contributed by atoms with E-state index in [9.17, 15) is 0 Å². The molecule has 5 nitrogen and oxygen atoms in total. The third kappa shape index (κ3) is 2.50. The third-order valence-corrected chi connectivity index (χ3v) is 5.36. The highest BCUT2D eigenvalue weighted by Gasteiger charge is 2.46. The molecule has 0 fully saturated rings. The van der Waals surface area contributed by atoms with Crippen molar-refractivity contribution in [1.82, 2.24) is 0 Å². The standard InChI is InChI=1S/C20H22O5/c1-12-19(13-5-7-14(21-3)8-6-13)15-9-17-18(24-11-23-17)10-16(15)25-20(12,2)22-4/h5-10,12,19H,11H2,1-4H3/t12-,19-,20+/m0/s1. The van der Waals surface area contributed by atoms with Crippen LogP contribution >= 0.6 is 0 Å². The van der Waals surface area contributed by atoms with Gasteiger partial charge in [0.05, 0.1) is 7.11 Å². The highest BCUT2D eigenvalue weighted by atomic mass is 16.7. The van der Waals surface area contributed by atoms with Crippen molar-refractivity contribution in [2.75, 3.05) is 21.0 Å². The number of hydrogen-bond acceptors (Lipinski definition) is 5. The normalized spacial score (nSPS) is 26.7. The van der Waals surface area contributed by atoms with Crippen LogP contribution in [0.4, 0.5) is 0 Å². The fraction of sp³-hybridized carbons (Fsp3) is 0.400. The zero-order valence-electron chi connectivity index (χ0n) is 14.9. The number of hydrogen-bond donors (Lipinski definition) is 0. The van der Waals surface area contributed by atoms with Gasteiger partial charge >= 0.3 is 0 Å². The average molecular weight is 342 g/mol. The van der Waals surface area contributed by atoms with Crippen LogP contribution in [0.2, 0.25) is 0 Å². The second-order valence-corrected chi connectivity index (χ2v) is 6.60. The number of methoxy groups -OCH3 is 2. The highest BCUT2D eigenvalue weighted by molar-refractivity contribution is 5.56. The van der Waals surface area contributed by atoms with Gasteiger partial charge in [0.25, 0.3) is 0 Å². The van der Waals surface area contributed by atoms with Crippen molar-refractivity contribution in [3.05, 3.63) is 47.5 Å². The maximum atomic E-state index is 6.22. The molecule has 0 spiro atoms. The van der Waals surface area contributed by atoms with Crippen LogP contribution in [0.5, 0.6) is 23.0 Å². The molecule has 2 aromatic rings. The van der Waals surface area contributed by atoms with Crippen LogP contribution in [0.1, 0.15) is 30.9 Å². The summed E-state index contributed by atoms with van der Waals surface area (Å²) in [5, 5.41) is 0. The molecule has 0 saturated carbocycles. The van der Waals surface area contributed by atoms with E-state index in [1.165, 1.54) is 5.56 Å². The summed E-state index contributed by atoms with van der Waals surface area (Å²) in [4.78, 5) is 0. The molecule has 4 rings (SSSR count). The van der Waals surface area contributed by atoms with Gasteiger partial charge in [-0.3, -0.25) is 0 Å². The van der Waals surface area contributed by atoms with E-state index in [1.54, 1.807) is 14.2 Å². The summed E-state index contributed by atoms with van der Waals surface area (Å²) in [6.07, 6.45) is 0. The van der Waals surface area contributed by atoms with Crippen molar-refractivity contribution in [2.24, 2.45) is 5.92 Å². The molecule has 0 radical (unpaired) electrons. The molecule has 5 heteroatoms. The SMILES string of the molecule is COc1ccc([C@H]2c3cc4c(cc3O[C@@](C)(OC)[C@H]2C)OCO4)cc1. The molecule has 0 bridgehead atoms. The lowest BCUT2D eigenvalue weighted by Gasteiger charge is -2.44. The molecule has 0 N–H and O–H groups in total. The Kier molecular flexibility index (Phi) is 3.76. The Morgan fingerprint density at radius 2 is 1.68 bits per heavy atom. The topological polar surface area (TPSA) is 46.2 Å². The van der Waals surface area contributed by atoms with Gasteiger partial charge in [0, 0.05) is 37.5 Å². The van der Waals surface area contributed by atoms with Crippen molar-refractivity contribution in [1.29, 1.82) is 0 Å². The van der Waals surface area contributed by atoms with E-state index in [-0.39, 0.29) is 18.6 Å². The lowest BCUT2D eigenvalue weighted by Crippen LogP contribution is -2.47. The molecular weight excluding hydrogens is 320 g/mol. The third-order valence-electron chi connectivity index (χ3n) is 5.36. The van der Waals surface area contributed by atoms with E-state index in [0.717, 1.165) is 22.8 Å². The van der Waals surface area contributed by atoms with Crippen LogP contribution in [0.15, 0.2) is 36.4 Å². The number of fused-ring (bicyclic) bond motifs is 2. The van der Waals surface area contributed by atoms with Gasteiger partial charge in [0.2, 0.25) is 12.6 Å². The predicted octanol–water partition coefficient (Wildman–Crippen LogP) is 3.95. The maximum Gasteiger partial charge on any atom is 0.231 e. The monoisotopic (exact) mass is 342 g/mol. The maximum absolute atomic E-state index is 6.22. The number of rotatable bonds is 3. The van der Waals surface area contributed by atoms with Crippen LogP contribution in [-0.4, -0.2) is 26.8 Å². The molecule has 0 amide bonds. The van der Waals surface area contributed by atoms with Gasteiger partial charge in [0.15, 0.2) is 11.5 Å². The molecule has 0 aliphatic carbocycles. The van der Waals surface area contributed by atoms with Crippen molar-refractivity contribution in [3.63, 3.8) is 0 Å². The summed E-state index contributed by atoms with van der Waals surface area (Å²) in [6, 6.07) is 12.1. The summed E-state index contributed by atoms with van der Waals surface area (Å²) in [6.45, 7) is 4.36. The van der Waals surface area contributed by atoms with Gasteiger partial charge in [-0.05, 0) is 23.8 Å². The van der Waals surface area contributed by atoms with Crippen molar-refractivity contribution < 1.29 is 23.7 Å². The molecule has 132 valence electrons. The van der Waals surface area contributed by atoms with Gasteiger partial charge in [-0.15, -0.1) is 0 Å². The number of benzene rings is 2. The zero-order valence-corrected chi connectivity index (χ0v) is 14.9. The molecule has 2 aliphatic rings. The molecule has 2 aromatic carbocycles. The number of ether oxygens (including phenoxy) is 5. The lowest BCUT2D eigenvalue weighted by molar-refractivity contribution is -0.194. The Hall–Kier alpha value is -2.40. The molecule has 25 heavy (non-hydrogen) atoms. The van der Waals surface area contributed by atoms with E-state index in [0.29, 0.717) is 5.75 Å². The van der Waals surface area contributed by atoms with Gasteiger partial charge < -0.3 is 23.7 Å². The molecule has 2 heterocycles. The second-order valence-electron chi connectivity index (χ2n) is 6.60. The van der Waals surface area contributed by atoms with Gasteiger partial charge in [-0.1, -0.05) is 19.1 Å². The minimum Gasteiger partial charge on any atom is -0.497 e. The first kappa shape index (κ1) is 16.1. The van der Waals surface area contributed by atoms with Crippen LogP contribution in [-0.2, 0) is 4.74 Å². The molecule has 0 saturated heterocycles. The Bertz CT molecular complexity index is 785. The lowest BCUT2D eigenvalue weighted by atomic mass is 9.75. The predicted molar refractivity (Wildman–Crippen MR) is 92.6 cm³/mol. The second kappa shape index (κ2) is 5.85. The molecular formula is C20H22O5. The summed E-state index contributed by atoms with van der Waals surface area (Å²) < 4.78 is 28.3. The van der Waals surface area contributed by atoms with Crippen LogP contribution in [0.25, 0.3) is 0 Å². The highest BCUT2D eigenvalue weighted by Crippen LogP contribution is 2.52. The van der Waals surface area contributed by atoms with Crippen LogP contribution in [0, 0.1) is 5.92 Å². The van der Waals surface area contributed by atoms with Crippen LogP contribution < -0.4 is 18.9 Å². The Morgan fingerprint density at radius 1 is 1.00 bits per heavy atom. The van der Waals surface area contributed by atoms with E-state index >= 15 is 0 Å². The largest absolute Gasteiger partial charge is 0.497 e. The quantitative estimate of drug-likeness (QED) is 0.845. The minimum absolute atomic E-state index is 0.0961. The van der Waals surface area contributed by atoms with Gasteiger partial charge in [0.1, 0.15) is 11.5 Å². The minimum atomic E-state index is -0.731. The Balaban J connectivity index is 1.86. The first-order valence-electron chi connectivity index (χ1n) is 8.37. The molecule has 0 unspecified atom stereocenters. The summed E-state index contributed by atoms with van der Waals surface area (Å²) in [5.41, 5.74) is 2.26. The van der Waals surface area contributed by atoms with E-state index < -0.39 is 5.79 Å². The summed E-state index contributed by atoms with van der Waals surface area (Å²) in [7, 11) is 3.35. The Morgan fingerprint density at radius 3 is 2.32 bits per heavy atom. The average Bonchev–Trinajstić information content (AvgIpc) is 3.09. The van der Waals surface area contributed by atoms with Crippen LogP contribution in [0.3, 0.4) is 0 Å². The van der Waals surface area contributed by atoms with E-state index in [4.69, 9.17) is 23.7 Å².